The highest BCUT2D eigenvalue weighted by Crippen LogP contribution is 2.29. The Balaban J connectivity index is 2.33. The third-order valence-corrected chi connectivity index (χ3v) is 3.45. The van der Waals surface area contributed by atoms with Crippen molar-refractivity contribution in [1.82, 2.24) is 4.57 Å². The first kappa shape index (κ1) is 11.9. The number of nitrogens with zero attached hydrogens (tertiary/aromatic N) is 1. The number of methoxy groups -OCH3 is 1. The van der Waals surface area contributed by atoms with E-state index in [1.54, 1.807) is 7.11 Å². The molecule has 3 aromatic rings. The molecule has 0 aliphatic heterocycles. The summed E-state index contributed by atoms with van der Waals surface area (Å²) in [4.78, 5) is 10.9. The summed E-state index contributed by atoms with van der Waals surface area (Å²) in [5.74, 6) is 0. The zero-order valence-electron chi connectivity index (χ0n) is 10.8. The standard InChI is InChI=1S/C16H15NO2/c1-19-9-8-17-15-5-3-2-4-13(15)14-10-12(11-18)6-7-16(14)17/h2-7,10-11H,8-9H2,1H3. The molecular weight excluding hydrogens is 238 g/mol. The SMILES string of the molecule is COCCn1c2ccccc2c2cc(C=O)ccc21. The van der Waals surface area contributed by atoms with Gasteiger partial charge >= 0.3 is 0 Å². The van der Waals surface area contributed by atoms with E-state index < -0.39 is 0 Å². The first-order valence-electron chi connectivity index (χ1n) is 6.30. The molecular formula is C16H15NO2. The largest absolute Gasteiger partial charge is 0.383 e. The number of carbonyl (C=O) groups excluding carboxylic acids is 1. The van der Waals surface area contributed by atoms with Crippen molar-refractivity contribution in [1.29, 1.82) is 0 Å². The van der Waals surface area contributed by atoms with Gasteiger partial charge in [-0.1, -0.05) is 18.2 Å². The zero-order valence-corrected chi connectivity index (χ0v) is 10.8. The highest BCUT2D eigenvalue weighted by Gasteiger charge is 2.10. The Labute approximate surface area is 111 Å². The number of ether oxygens (including phenoxy) is 1. The van der Waals surface area contributed by atoms with Gasteiger partial charge in [0, 0.05) is 41.0 Å². The quantitative estimate of drug-likeness (QED) is 0.668. The second kappa shape index (κ2) is 4.86. The van der Waals surface area contributed by atoms with Crippen LogP contribution in [-0.4, -0.2) is 24.6 Å². The van der Waals surface area contributed by atoms with Crippen LogP contribution in [0.15, 0.2) is 42.5 Å². The molecule has 0 atom stereocenters. The van der Waals surface area contributed by atoms with Gasteiger partial charge in [-0.15, -0.1) is 0 Å². The normalized spacial score (nSPS) is 11.2. The van der Waals surface area contributed by atoms with Gasteiger partial charge < -0.3 is 9.30 Å². The van der Waals surface area contributed by atoms with Crippen LogP contribution >= 0.6 is 0 Å². The average molecular weight is 253 g/mol. The van der Waals surface area contributed by atoms with Gasteiger partial charge in [-0.2, -0.15) is 0 Å². The second-order valence-electron chi connectivity index (χ2n) is 4.56. The van der Waals surface area contributed by atoms with Gasteiger partial charge in [-0.05, 0) is 24.3 Å². The molecule has 0 aliphatic carbocycles. The first-order chi connectivity index (χ1) is 9.35. The van der Waals surface area contributed by atoms with Gasteiger partial charge in [0.2, 0.25) is 0 Å². The van der Waals surface area contributed by atoms with Crippen LogP contribution < -0.4 is 0 Å². The monoisotopic (exact) mass is 253 g/mol. The lowest BCUT2D eigenvalue weighted by Crippen LogP contribution is -2.03. The van der Waals surface area contributed by atoms with Gasteiger partial charge in [0.15, 0.2) is 0 Å². The van der Waals surface area contributed by atoms with Crippen molar-refractivity contribution in [3.8, 4) is 0 Å². The number of aldehydes is 1. The number of hydrogen-bond donors (Lipinski definition) is 0. The molecule has 3 nitrogen and oxygen atoms in total. The number of hydrogen-bond acceptors (Lipinski definition) is 2. The van der Waals surface area contributed by atoms with Crippen LogP contribution in [0.25, 0.3) is 21.8 Å². The molecule has 0 radical (unpaired) electrons. The van der Waals surface area contributed by atoms with E-state index in [1.165, 1.54) is 10.9 Å². The molecule has 0 spiro atoms. The van der Waals surface area contributed by atoms with Crippen molar-refractivity contribution in [3.63, 3.8) is 0 Å². The number of fused-ring (bicyclic) bond motifs is 3. The van der Waals surface area contributed by atoms with Gasteiger partial charge in [0.25, 0.3) is 0 Å². The van der Waals surface area contributed by atoms with E-state index in [-0.39, 0.29) is 0 Å². The molecule has 2 aromatic carbocycles. The Morgan fingerprint density at radius 3 is 2.68 bits per heavy atom. The van der Waals surface area contributed by atoms with Crippen LogP contribution in [0.1, 0.15) is 10.4 Å². The Kier molecular flexibility index (Phi) is 3.05. The minimum absolute atomic E-state index is 0.670. The fourth-order valence-electron chi connectivity index (χ4n) is 2.57. The molecule has 0 aliphatic rings. The van der Waals surface area contributed by atoms with Gasteiger partial charge in [0.1, 0.15) is 6.29 Å². The lowest BCUT2D eigenvalue weighted by atomic mass is 10.1. The van der Waals surface area contributed by atoms with Crippen LogP contribution in [0.3, 0.4) is 0 Å². The molecule has 3 rings (SSSR count). The van der Waals surface area contributed by atoms with Crippen molar-refractivity contribution >= 4 is 28.1 Å². The third kappa shape index (κ3) is 1.92. The maximum atomic E-state index is 10.9. The van der Waals surface area contributed by atoms with Crippen LogP contribution in [0.2, 0.25) is 0 Å². The van der Waals surface area contributed by atoms with Gasteiger partial charge in [0.05, 0.1) is 6.61 Å². The lowest BCUT2D eigenvalue weighted by molar-refractivity contribution is 0.112. The number of para-hydroxylation sites is 1. The van der Waals surface area contributed by atoms with E-state index in [0.29, 0.717) is 12.2 Å². The van der Waals surface area contributed by atoms with E-state index in [4.69, 9.17) is 4.74 Å². The molecule has 1 heterocycles. The molecule has 0 N–H and O–H groups in total. The lowest BCUT2D eigenvalue weighted by Gasteiger charge is -2.06. The minimum Gasteiger partial charge on any atom is -0.383 e. The zero-order chi connectivity index (χ0) is 13.2. The van der Waals surface area contributed by atoms with Gasteiger partial charge in [-0.3, -0.25) is 4.79 Å². The summed E-state index contributed by atoms with van der Waals surface area (Å²) in [7, 11) is 1.71. The first-order valence-corrected chi connectivity index (χ1v) is 6.30. The summed E-state index contributed by atoms with van der Waals surface area (Å²) >= 11 is 0. The van der Waals surface area contributed by atoms with Gasteiger partial charge in [-0.25, -0.2) is 0 Å². The molecule has 0 saturated carbocycles. The Bertz CT molecular complexity index is 743. The molecule has 0 fully saturated rings. The summed E-state index contributed by atoms with van der Waals surface area (Å²) in [6.07, 6.45) is 0.890. The van der Waals surface area contributed by atoms with Crippen LogP contribution in [0, 0.1) is 0 Å². The molecule has 0 amide bonds. The summed E-state index contributed by atoms with van der Waals surface area (Å²) in [5, 5.41) is 2.30. The van der Waals surface area contributed by atoms with Crippen molar-refractivity contribution in [3.05, 3.63) is 48.0 Å². The fraction of sp³-hybridized carbons (Fsp3) is 0.188. The van der Waals surface area contributed by atoms with Crippen LogP contribution in [0.4, 0.5) is 0 Å². The fourth-order valence-corrected chi connectivity index (χ4v) is 2.57. The molecule has 19 heavy (non-hydrogen) atoms. The highest BCUT2D eigenvalue weighted by molar-refractivity contribution is 6.09. The maximum Gasteiger partial charge on any atom is 0.150 e. The Morgan fingerprint density at radius 1 is 1.11 bits per heavy atom. The van der Waals surface area contributed by atoms with E-state index in [0.717, 1.165) is 23.7 Å². The molecule has 3 heteroatoms. The summed E-state index contributed by atoms with van der Waals surface area (Å²) in [5.41, 5.74) is 3.03. The summed E-state index contributed by atoms with van der Waals surface area (Å²) in [6.45, 7) is 1.48. The second-order valence-corrected chi connectivity index (χ2v) is 4.56. The van der Waals surface area contributed by atoms with Crippen molar-refractivity contribution in [2.45, 2.75) is 6.54 Å². The van der Waals surface area contributed by atoms with E-state index in [2.05, 4.69) is 16.7 Å². The van der Waals surface area contributed by atoms with Crippen LogP contribution in [-0.2, 0) is 11.3 Å². The number of benzene rings is 2. The molecule has 0 bridgehead atoms. The number of aromatic nitrogens is 1. The van der Waals surface area contributed by atoms with E-state index in [1.807, 2.05) is 30.3 Å². The Hall–Kier alpha value is -2.13. The van der Waals surface area contributed by atoms with Crippen molar-refractivity contribution in [2.24, 2.45) is 0 Å². The molecule has 96 valence electrons. The van der Waals surface area contributed by atoms with Crippen LogP contribution in [0.5, 0.6) is 0 Å². The topological polar surface area (TPSA) is 31.2 Å². The third-order valence-electron chi connectivity index (χ3n) is 3.45. The van der Waals surface area contributed by atoms with E-state index in [9.17, 15) is 4.79 Å². The highest BCUT2D eigenvalue weighted by atomic mass is 16.5. The molecule has 0 unspecified atom stereocenters. The number of carbonyl (C=O) groups is 1. The maximum absolute atomic E-state index is 10.9. The van der Waals surface area contributed by atoms with E-state index >= 15 is 0 Å². The summed E-state index contributed by atoms with van der Waals surface area (Å²) in [6, 6.07) is 14.1. The van der Waals surface area contributed by atoms with Crippen molar-refractivity contribution < 1.29 is 9.53 Å². The predicted molar refractivity (Wildman–Crippen MR) is 76.7 cm³/mol. The summed E-state index contributed by atoms with van der Waals surface area (Å²) < 4.78 is 7.42. The molecule has 1 aromatic heterocycles. The van der Waals surface area contributed by atoms with Crippen molar-refractivity contribution in [2.75, 3.05) is 13.7 Å². The predicted octanol–water partition coefficient (Wildman–Crippen LogP) is 3.25. The number of rotatable bonds is 4. The minimum atomic E-state index is 0.670. The smallest absolute Gasteiger partial charge is 0.150 e. The molecule has 0 saturated heterocycles. The average Bonchev–Trinajstić information content (AvgIpc) is 2.78. The Morgan fingerprint density at radius 2 is 1.89 bits per heavy atom.